The molecule has 4 rings (SSSR count). The molecule has 5 N–H and O–H groups in total. The first-order valence-electron chi connectivity index (χ1n) is 8.11. The summed E-state index contributed by atoms with van der Waals surface area (Å²) in [7, 11) is 0. The number of aliphatic hydroxyl groups is 3. The van der Waals surface area contributed by atoms with Crippen LogP contribution in [0.3, 0.4) is 0 Å². The minimum absolute atomic E-state index is 0.242. The van der Waals surface area contributed by atoms with Gasteiger partial charge in [0.25, 0.3) is 0 Å². The van der Waals surface area contributed by atoms with Crippen LogP contribution in [0, 0.1) is 0 Å². The first kappa shape index (κ1) is 18.4. The Morgan fingerprint density at radius 3 is 2.59 bits per heavy atom. The maximum atomic E-state index is 10.4. The van der Waals surface area contributed by atoms with Crippen molar-refractivity contribution in [3.63, 3.8) is 0 Å². The van der Waals surface area contributed by atoms with E-state index in [-0.39, 0.29) is 5.82 Å². The van der Waals surface area contributed by atoms with Gasteiger partial charge >= 0.3 is 0 Å². The largest absolute Gasteiger partial charge is 0.394 e. The van der Waals surface area contributed by atoms with E-state index in [2.05, 4.69) is 9.97 Å². The molecule has 0 radical (unpaired) electrons. The molecular formula is C17H16Cl2N4O4. The summed E-state index contributed by atoms with van der Waals surface area (Å²) < 4.78 is 7.19. The van der Waals surface area contributed by atoms with E-state index in [0.29, 0.717) is 26.6 Å². The summed E-state index contributed by atoms with van der Waals surface area (Å²) in [5, 5.41) is 31.1. The van der Waals surface area contributed by atoms with E-state index < -0.39 is 31.1 Å². The highest BCUT2D eigenvalue weighted by molar-refractivity contribution is 6.42. The van der Waals surface area contributed by atoms with Crippen LogP contribution in [0.4, 0.5) is 5.82 Å². The second-order valence-electron chi connectivity index (χ2n) is 6.27. The number of halogens is 2. The van der Waals surface area contributed by atoms with E-state index in [1.54, 1.807) is 29.0 Å². The van der Waals surface area contributed by atoms with E-state index in [9.17, 15) is 15.3 Å². The summed E-state index contributed by atoms with van der Waals surface area (Å²) in [5.74, 6) is 0.242. The van der Waals surface area contributed by atoms with Crippen LogP contribution in [0.15, 0.2) is 30.7 Å². The zero-order valence-corrected chi connectivity index (χ0v) is 15.3. The van der Waals surface area contributed by atoms with E-state index in [0.717, 1.165) is 5.56 Å². The fourth-order valence-electron chi connectivity index (χ4n) is 3.29. The van der Waals surface area contributed by atoms with Crippen LogP contribution in [-0.4, -0.2) is 54.8 Å². The third-order valence-corrected chi connectivity index (χ3v) is 5.40. The van der Waals surface area contributed by atoms with Crippen molar-refractivity contribution in [3.05, 3.63) is 40.8 Å². The molecule has 2 aromatic heterocycles. The number of aromatic nitrogens is 3. The molecule has 27 heavy (non-hydrogen) atoms. The van der Waals surface area contributed by atoms with Crippen LogP contribution in [0.25, 0.3) is 22.2 Å². The van der Waals surface area contributed by atoms with E-state index in [4.69, 9.17) is 33.7 Å². The highest BCUT2D eigenvalue weighted by Crippen LogP contribution is 2.39. The van der Waals surface area contributed by atoms with Crippen molar-refractivity contribution in [3.8, 4) is 11.1 Å². The van der Waals surface area contributed by atoms with Crippen LogP contribution in [0.2, 0.25) is 10.0 Å². The average molecular weight is 411 g/mol. The van der Waals surface area contributed by atoms with Crippen molar-refractivity contribution in [1.82, 2.24) is 14.5 Å². The van der Waals surface area contributed by atoms with Crippen molar-refractivity contribution in [2.24, 2.45) is 0 Å². The van der Waals surface area contributed by atoms with Crippen LogP contribution in [-0.2, 0) is 4.74 Å². The second-order valence-corrected chi connectivity index (χ2v) is 7.08. The van der Waals surface area contributed by atoms with Gasteiger partial charge in [0.05, 0.1) is 22.0 Å². The lowest BCUT2D eigenvalue weighted by Crippen LogP contribution is -2.33. The highest BCUT2D eigenvalue weighted by atomic mass is 35.5. The SMILES string of the molecule is Nc1ncnc2c1c(-c1ccc(Cl)c(Cl)c1)cn2[C@@H]1O[C@H](CO)[C@@H](O)[C@H]1O. The Morgan fingerprint density at radius 1 is 1.15 bits per heavy atom. The number of nitrogens with two attached hydrogens (primary N) is 1. The number of anilines is 1. The summed E-state index contributed by atoms with van der Waals surface area (Å²) in [6.07, 6.45) is -1.36. The van der Waals surface area contributed by atoms with Crippen LogP contribution in [0.5, 0.6) is 0 Å². The zero-order chi connectivity index (χ0) is 19.3. The summed E-state index contributed by atoms with van der Waals surface area (Å²) in [5.41, 5.74) is 7.88. The lowest BCUT2D eigenvalue weighted by atomic mass is 10.1. The molecule has 1 fully saturated rings. The van der Waals surface area contributed by atoms with Gasteiger partial charge in [0, 0.05) is 11.8 Å². The van der Waals surface area contributed by atoms with E-state index in [1.165, 1.54) is 6.33 Å². The van der Waals surface area contributed by atoms with Gasteiger partial charge in [0.1, 0.15) is 36.1 Å². The van der Waals surface area contributed by atoms with Crippen molar-refractivity contribution < 1.29 is 20.1 Å². The molecule has 1 aliphatic heterocycles. The minimum atomic E-state index is -1.25. The molecule has 1 saturated heterocycles. The molecule has 0 amide bonds. The van der Waals surface area contributed by atoms with Crippen molar-refractivity contribution in [2.45, 2.75) is 24.5 Å². The molecule has 1 aliphatic rings. The van der Waals surface area contributed by atoms with Crippen LogP contribution >= 0.6 is 23.2 Å². The Labute approximate surface area is 163 Å². The monoisotopic (exact) mass is 410 g/mol. The zero-order valence-electron chi connectivity index (χ0n) is 13.8. The maximum Gasteiger partial charge on any atom is 0.164 e. The summed E-state index contributed by atoms with van der Waals surface area (Å²) in [4.78, 5) is 8.30. The number of fused-ring (bicyclic) bond motifs is 1. The third-order valence-electron chi connectivity index (χ3n) is 4.66. The lowest BCUT2D eigenvalue weighted by Gasteiger charge is -2.17. The minimum Gasteiger partial charge on any atom is -0.394 e. The highest BCUT2D eigenvalue weighted by Gasteiger charge is 2.44. The number of hydrogen-bond acceptors (Lipinski definition) is 7. The first-order valence-corrected chi connectivity index (χ1v) is 8.87. The summed E-state index contributed by atoms with van der Waals surface area (Å²) in [6, 6.07) is 5.12. The van der Waals surface area contributed by atoms with Gasteiger partial charge in [0.15, 0.2) is 6.23 Å². The van der Waals surface area contributed by atoms with Crippen LogP contribution in [0.1, 0.15) is 6.23 Å². The van der Waals surface area contributed by atoms with Gasteiger partial charge in [-0.15, -0.1) is 0 Å². The number of hydrogen-bond donors (Lipinski definition) is 4. The Kier molecular flexibility index (Phi) is 4.71. The van der Waals surface area contributed by atoms with Crippen molar-refractivity contribution >= 4 is 40.1 Å². The van der Waals surface area contributed by atoms with E-state index in [1.807, 2.05) is 0 Å². The maximum absolute atomic E-state index is 10.4. The molecule has 0 spiro atoms. The van der Waals surface area contributed by atoms with Crippen LogP contribution < -0.4 is 5.73 Å². The van der Waals surface area contributed by atoms with E-state index >= 15 is 0 Å². The molecule has 0 saturated carbocycles. The van der Waals surface area contributed by atoms with Gasteiger partial charge in [-0.05, 0) is 17.7 Å². The smallest absolute Gasteiger partial charge is 0.164 e. The number of rotatable bonds is 3. The summed E-state index contributed by atoms with van der Waals surface area (Å²) in [6.45, 7) is -0.426. The Morgan fingerprint density at radius 2 is 1.93 bits per heavy atom. The van der Waals surface area contributed by atoms with Gasteiger partial charge in [-0.1, -0.05) is 29.3 Å². The fraction of sp³-hybridized carbons (Fsp3) is 0.294. The molecule has 0 unspecified atom stereocenters. The predicted octanol–water partition coefficient (Wildman–Crippen LogP) is 1.60. The second kappa shape index (κ2) is 6.90. The number of ether oxygens (including phenoxy) is 1. The van der Waals surface area contributed by atoms with Gasteiger partial charge < -0.3 is 30.4 Å². The quantitative estimate of drug-likeness (QED) is 0.516. The standard InChI is InChI=1S/C17H16Cl2N4O4/c18-9-2-1-7(3-10(9)19)8-4-23(16-12(8)15(20)21-6-22-16)17-14(26)13(25)11(5-24)27-17/h1-4,6,11,13-14,17,24-26H,5H2,(H2,20,21,22)/t11-,13-,14-,17-/m1/s1. The first-order chi connectivity index (χ1) is 12.9. The normalized spacial score (nSPS) is 25.4. The molecule has 8 nitrogen and oxygen atoms in total. The topological polar surface area (TPSA) is 127 Å². The molecule has 10 heteroatoms. The molecular weight excluding hydrogens is 395 g/mol. The number of aliphatic hydroxyl groups excluding tert-OH is 3. The number of nitrogens with zero attached hydrogens (tertiary/aromatic N) is 3. The van der Waals surface area contributed by atoms with Crippen molar-refractivity contribution in [1.29, 1.82) is 0 Å². The summed E-state index contributed by atoms with van der Waals surface area (Å²) >= 11 is 12.1. The molecule has 1 aromatic carbocycles. The van der Waals surface area contributed by atoms with Gasteiger partial charge in [-0.3, -0.25) is 0 Å². The molecule has 4 atom stereocenters. The van der Waals surface area contributed by atoms with Crippen molar-refractivity contribution in [2.75, 3.05) is 12.3 Å². The molecule has 0 aliphatic carbocycles. The molecule has 0 bridgehead atoms. The fourth-order valence-corrected chi connectivity index (χ4v) is 3.59. The van der Waals surface area contributed by atoms with Gasteiger partial charge in [-0.2, -0.15) is 0 Å². The van der Waals surface area contributed by atoms with Gasteiger partial charge in [0.2, 0.25) is 0 Å². The predicted molar refractivity (Wildman–Crippen MR) is 100 cm³/mol. The third kappa shape index (κ3) is 2.94. The molecule has 142 valence electrons. The Bertz CT molecular complexity index is 1010. The Hall–Kier alpha value is -1.94. The lowest BCUT2D eigenvalue weighted by molar-refractivity contribution is -0.0508. The number of benzene rings is 1. The molecule has 3 aromatic rings. The van der Waals surface area contributed by atoms with Gasteiger partial charge in [-0.25, -0.2) is 9.97 Å². The number of nitrogen functional groups attached to an aromatic ring is 1. The molecule has 3 heterocycles. The average Bonchev–Trinajstić information content (AvgIpc) is 3.17. The Balaban J connectivity index is 1.91.